The van der Waals surface area contributed by atoms with E-state index >= 15 is 0 Å². The second kappa shape index (κ2) is 6.74. The van der Waals surface area contributed by atoms with Crippen molar-refractivity contribution in [2.75, 3.05) is 29.9 Å². The van der Waals surface area contributed by atoms with Crippen molar-refractivity contribution < 1.29 is 14.7 Å². The standard InChI is InChI=1S/C12H13N3O3S2/c13-5-8-1-3-20-11(8)14-10(16)6-15-2-4-19-7-9(15)12(17)18/h1,3,9H,2,4,6-7H2,(H,14,16)(H,17,18). The topological polar surface area (TPSA) is 93.4 Å². The molecule has 1 atom stereocenters. The normalized spacial score (nSPS) is 19.2. The first-order chi connectivity index (χ1) is 9.61. The number of carboxylic acid groups (broad SMARTS) is 1. The molecule has 1 amide bonds. The molecule has 1 aromatic heterocycles. The van der Waals surface area contributed by atoms with Gasteiger partial charge in [0.1, 0.15) is 17.1 Å². The second-order valence-corrected chi connectivity index (χ2v) is 6.29. The molecule has 1 aliphatic heterocycles. The van der Waals surface area contributed by atoms with Crippen LogP contribution in [-0.2, 0) is 9.59 Å². The van der Waals surface area contributed by atoms with Gasteiger partial charge in [0.25, 0.3) is 0 Å². The van der Waals surface area contributed by atoms with Crippen LogP contribution in [0.1, 0.15) is 5.56 Å². The summed E-state index contributed by atoms with van der Waals surface area (Å²) < 4.78 is 0. The Bertz CT molecular complexity index is 552. The Balaban J connectivity index is 1.97. The molecule has 106 valence electrons. The lowest BCUT2D eigenvalue weighted by molar-refractivity contribution is -0.142. The predicted octanol–water partition coefficient (Wildman–Crippen LogP) is 1.06. The number of aliphatic carboxylic acids is 1. The fraction of sp³-hybridized carbons (Fsp3) is 0.417. The molecule has 1 unspecified atom stereocenters. The van der Waals surface area contributed by atoms with E-state index in [0.717, 1.165) is 5.75 Å². The first kappa shape index (κ1) is 14.8. The number of hydrogen-bond acceptors (Lipinski definition) is 6. The number of nitrogens with zero attached hydrogens (tertiary/aromatic N) is 2. The van der Waals surface area contributed by atoms with Crippen LogP contribution in [0.2, 0.25) is 0 Å². The first-order valence-corrected chi connectivity index (χ1v) is 7.97. The van der Waals surface area contributed by atoms with Crippen molar-refractivity contribution in [2.24, 2.45) is 0 Å². The quantitative estimate of drug-likeness (QED) is 0.863. The summed E-state index contributed by atoms with van der Waals surface area (Å²) >= 11 is 2.86. The molecule has 2 N–H and O–H groups in total. The van der Waals surface area contributed by atoms with Crippen LogP contribution in [-0.4, -0.2) is 52.5 Å². The van der Waals surface area contributed by atoms with Crippen molar-refractivity contribution in [1.29, 1.82) is 5.26 Å². The number of carboxylic acids is 1. The van der Waals surface area contributed by atoms with Gasteiger partial charge in [-0.25, -0.2) is 0 Å². The van der Waals surface area contributed by atoms with Crippen LogP contribution in [0.5, 0.6) is 0 Å². The molecule has 2 rings (SSSR count). The molecule has 0 aliphatic carbocycles. The number of hydrogen-bond donors (Lipinski definition) is 2. The molecule has 2 heterocycles. The van der Waals surface area contributed by atoms with Crippen molar-refractivity contribution in [2.45, 2.75) is 6.04 Å². The Labute approximate surface area is 124 Å². The zero-order valence-electron chi connectivity index (χ0n) is 10.5. The van der Waals surface area contributed by atoms with E-state index in [4.69, 9.17) is 10.4 Å². The van der Waals surface area contributed by atoms with Crippen LogP contribution in [0.4, 0.5) is 5.00 Å². The number of rotatable bonds is 4. The third kappa shape index (κ3) is 3.50. The molecule has 8 heteroatoms. The molecule has 1 saturated heterocycles. The Morgan fingerprint density at radius 2 is 2.40 bits per heavy atom. The zero-order valence-corrected chi connectivity index (χ0v) is 12.2. The highest BCUT2D eigenvalue weighted by Gasteiger charge is 2.30. The minimum Gasteiger partial charge on any atom is -0.480 e. The summed E-state index contributed by atoms with van der Waals surface area (Å²) in [6.07, 6.45) is 0. The van der Waals surface area contributed by atoms with Gasteiger partial charge in [0.15, 0.2) is 0 Å². The van der Waals surface area contributed by atoms with Gasteiger partial charge in [-0.05, 0) is 11.4 Å². The fourth-order valence-electron chi connectivity index (χ4n) is 1.90. The van der Waals surface area contributed by atoms with Gasteiger partial charge in [-0.2, -0.15) is 17.0 Å². The van der Waals surface area contributed by atoms with Crippen LogP contribution >= 0.6 is 23.1 Å². The van der Waals surface area contributed by atoms with E-state index in [-0.39, 0.29) is 12.5 Å². The zero-order chi connectivity index (χ0) is 14.5. The summed E-state index contributed by atoms with van der Waals surface area (Å²) in [5, 5.41) is 22.9. The minimum atomic E-state index is -0.904. The lowest BCUT2D eigenvalue weighted by Gasteiger charge is -2.31. The van der Waals surface area contributed by atoms with Crippen molar-refractivity contribution in [1.82, 2.24) is 4.90 Å². The molecule has 0 spiro atoms. The summed E-state index contributed by atoms with van der Waals surface area (Å²) in [6, 6.07) is 3.01. The molecule has 0 bridgehead atoms. The Morgan fingerprint density at radius 3 is 3.10 bits per heavy atom. The summed E-state index contributed by atoms with van der Waals surface area (Å²) in [5.41, 5.74) is 0.423. The molecular weight excluding hydrogens is 298 g/mol. The lowest BCUT2D eigenvalue weighted by Crippen LogP contribution is -2.50. The summed E-state index contributed by atoms with van der Waals surface area (Å²) in [7, 11) is 0. The highest BCUT2D eigenvalue weighted by atomic mass is 32.2. The molecule has 0 saturated carbocycles. The number of carbonyl (C=O) groups is 2. The Morgan fingerprint density at radius 1 is 1.60 bits per heavy atom. The second-order valence-electron chi connectivity index (χ2n) is 4.22. The lowest BCUT2D eigenvalue weighted by atomic mass is 10.2. The van der Waals surface area contributed by atoms with E-state index in [0.29, 0.717) is 22.9 Å². The number of anilines is 1. The maximum absolute atomic E-state index is 12.0. The van der Waals surface area contributed by atoms with Crippen LogP contribution in [0.15, 0.2) is 11.4 Å². The average Bonchev–Trinajstić information content (AvgIpc) is 2.86. The third-order valence-electron chi connectivity index (χ3n) is 2.91. The summed E-state index contributed by atoms with van der Waals surface area (Å²) in [4.78, 5) is 24.8. The van der Waals surface area contributed by atoms with Crippen LogP contribution in [0.3, 0.4) is 0 Å². The van der Waals surface area contributed by atoms with Gasteiger partial charge in [-0.3, -0.25) is 14.5 Å². The number of nitrogens with one attached hydrogen (secondary N) is 1. The summed E-state index contributed by atoms with van der Waals surface area (Å²) in [5.74, 6) is 0.117. The van der Waals surface area contributed by atoms with Gasteiger partial charge in [0.05, 0.1) is 12.1 Å². The third-order valence-corrected chi connectivity index (χ3v) is 4.76. The highest BCUT2D eigenvalue weighted by molar-refractivity contribution is 7.99. The summed E-state index contributed by atoms with van der Waals surface area (Å²) in [6.45, 7) is 0.602. The van der Waals surface area contributed by atoms with Gasteiger partial charge in [-0.15, -0.1) is 11.3 Å². The van der Waals surface area contributed by atoms with Crippen molar-refractivity contribution >= 4 is 40.0 Å². The maximum atomic E-state index is 12.0. The predicted molar refractivity (Wildman–Crippen MR) is 78.0 cm³/mol. The van der Waals surface area contributed by atoms with Crippen LogP contribution in [0, 0.1) is 11.3 Å². The number of thioether (sulfide) groups is 1. The molecule has 20 heavy (non-hydrogen) atoms. The number of nitriles is 1. The van der Waals surface area contributed by atoms with E-state index in [9.17, 15) is 9.59 Å². The molecular formula is C12H13N3O3S2. The average molecular weight is 311 g/mol. The molecule has 1 aromatic rings. The number of carbonyl (C=O) groups excluding carboxylic acids is 1. The van der Waals surface area contributed by atoms with Crippen molar-refractivity contribution in [3.63, 3.8) is 0 Å². The van der Waals surface area contributed by atoms with Crippen molar-refractivity contribution in [3.8, 4) is 6.07 Å². The van der Waals surface area contributed by atoms with E-state index in [1.54, 1.807) is 28.1 Å². The Hall–Kier alpha value is -1.56. The molecule has 0 aromatic carbocycles. The first-order valence-electron chi connectivity index (χ1n) is 5.94. The monoisotopic (exact) mass is 311 g/mol. The van der Waals surface area contributed by atoms with E-state index in [1.165, 1.54) is 11.3 Å². The van der Waals surface area contributed by atoms with E-state index in [1.807, 2.05) is 6.07 Å². The minimum absolute atomic E-state index is 0.0281. The van der Waals surface area contributed by atoms with E-state index < -0.39 is 12.0 Å². The van der Waals surface area contributed by atoms with Gasteiger partial charge in [0.2, 0.25) is 5.91 Å². The number of amides is 1. The maximum Gasteiger partial charge on any atom is 0.321 e. The highest BCUT2D eigenvalue weighted by Crippen LogP contribution is 2.22. The molecule has 6 nitrogen and oxygen atoms in total. The van der Waals surface area contributed by atoms with E-state index in [2.05, 4.69) is 5.32 Å². The smallest absolute Gasteiger partial charge is 0.321 e. The number of thiophene rings is 1. The molecule has 1 aliphatic rings. The van der Waals surface area contributed by atoms with Crippen molar-refractivity contribution in [3.05, 3.63) is 17.0 Å². The van der Waals surface area contributed by atoms with Gasteiger partial charge < -0.3 is 10.4 Å². The van der Waals surface area contributed by atoms with Crippen LogP contribution < -0.4 is 5.32 Å². The molecule has 1 fully saturated rings. The van der Waals surface area contributed by atoms with Gasteiger partial charge in [-0.1, -0.05) is 0 Å². The van der Waals surface area contributed by atoms with Gasteiger partial charge in [0, 0.05) is 18.1 Å². The van der Waals surface area contributed by atoms with Crippen LogP contribution in [0.25, 0.3) is 0 Å². The Kier molecular flexibility index (Phi) is 5.00. The largest absolute Gasteiger partial charge is 0.480 e. The van der Waals surface area contributed by atoms with Gasteiger partial charge >= 0.3 is 5.97 Å². The molecule has 0 radical (unpaired) electrons. The fourth-order valence-corrected chi connectivity index (χ4v) is 3.76. The SMILES string of the molecule is N#Cc1ccsc1NC(=O)CN1CCSCC1C(=O)O.